The molecule has 3 amide bonds. The molecule has 11 N–H and O–H groups in total. The SMILES string of the molecule is Bc1c(B)c2c(c(F)c1C(B)(B)N/C(O)=C1/C(=C(/O)C(=C)O)C(=O)N(C3(O)CCC(=O)NC3=O)C1(B)O)OOC1(O)N(C2(B)B)C(B)(B)C(B)(O)OC1(O)O. The van der Waals surface area contributed by atoms with E-state index < -0.39 is 116 Å². The van der Waals surface area contributed by atoms with Gasteiger partial charge in [-0.2, -0.15) is 0 Å². The molecule has 0 radical (unpaired) electrons. The van der Waals surface area contributed by atoms with Crippen molar-refractivity contribution in [3.63, 3.8) is 0 Å². The zero-order valence-corrected chi connectivity index (χ0v) is 31.9. The van der Waals surface area contributed by atoms with Crippen molar-refractivity contribution in [1.29, 1.82) is 0 Å². The van der Waals surface area contributed by atoms with Crippen LogP contribution >= 0.6 is 0 Å². The summed E-state index contributed by atoms with van der Waals surface area (Å²) in [6.07, 6.45) is -1.19. The molecule has 19 nitrogen and oxygen atoms in total. The fourth-order valence-corrected chi connectivity index (χ4v) is 8.40. The molecule has 4 heterocycles. The summed E-state index contributed by atoms with van der Waals surface area (Å²) in [7, 11) is 13.4. The van der Waals surface area contributed by atoms with Gasteiger partial charge in [0.15, 0.2) is 38.9 Å². The number of carbonyl (C=O) groups excluding carboxylic acids is 3. The standard InChI is InChI=1S/C25H37B10FN4O15/c1-4(41)13(43)6-7(21(32,48)39(16(6)45)18(47)3-2-5(42)37-17(18)46)15(44)38-19(28,29)8-10(26)11(27)9-14(12(8)36)53-55-24(50)25(51,52)54-23(35,49)22(33,34)40(24)20(9,30)31/h38,41,43-44,47-52H,1-3,26-35H2,(H,37,42,46)/b13-6-,15-7+. The van der Waals surface area contributed by atoms with Crippen LogP contribution in [0.25, 0.3) is 0 Å². The summed E-state index contributed by atoms with van der Waals surface area (Å²) in [6, 6.07) is 0. The van der Waals surface area contributed by atoms with Gasteiger partial charge in [-0.3, -0.25) is 34.2 Å². The number of nitrogens with one attached hydrogen (secondary N) is 2. The number of imide groups is 1. The molecule has 0 bridgehead atoms. The largest absolute Gasteiger partial charge is 0.505 e. The molecule has 3 saturated heterocycles. The average Bonchev–Trinajstić information content (AvgIpc) is 3.15. The molecule has 30 heteroatoms. The molecule has 1 aromatic carbocycles. The quantitative estimate of drug-likeness (QED) is 0.0332. The first-order valence-corrected chi connectivity index (χ1v) is 16.9. The lowest BCUT2D eigenvalue weighted by atomic mass is 9.43. The first-order chi connectivity index (χ1) is 24.7. The van der Waals surface area contributed by atoms with Crippen LogP contribution in [0.4, 0.5) is 4.39 Å². The Labute approximate surface area is 321 Å². The number of hydrogen-bond acceptors (Lipinski definition) is 17. The van der Waals surface area contributed by atoms with Crippen LogP contribution < -0.4 is 26.4 Å². The van der Waals surface area contributed by atoms with E-state index in [1.165, 1.54) is 54.9 Å². The molecule has 55 heavy (non-hydrogen) atoms. The van der Waals surface area contributed by atoms with Crippen molar-refractivity contribution in [2.75, 3.05) is 0 Å². The van der Waals surface area contributed by atoms with Gasteiger partial charge >= 0.3 is 11.9 Å². The third-order valence-corrected chi connectivity index (χ3v) is 11.2. The van der Waals surface area contributed by atoms with Crippen molar-refractivity contribution < 1.29 is 79.2 Å². The average molecular weight is 761 g/mol. The van der Waals surface area contributed by atoms with Crippen LogP contribution in [-0.4, -0.2) is 186 Å². The number of rotatable bonds is 5. The fraction of sp³-hybridized carbons (Fsp3) is 0.400. The lowest BCUT2D eigenvalue weighted by molar-refractivity contribution is -0.597. The first kappa shape index (κ1) is 42.4. The van der Waals surface area contributed by atoms with Gasteiger partial charge in [-0.25, -0.2) is 4.39 Å². The van der Waals surface area contributed by atoms with Crippen molar-refractivity contribution >= 4 is 107 Å². The van der Waals surface area contributed by atoms with E-state index in [0.717, 1.165) is 20.6 Å². The smallest absolute Gasteiger partial charge is 0.357 e. The highest BCUT2D eigenvalue weighted by molar-refractivity contribution is 6.54. The predicted octanol–water partition coefficient (Wildman–Crippen LogP) is -15.3. The Bertz CT molecular complexity index is 2030. The van der Waals surface area contributed by atoms with Crippen LogP contribution in [0.1, 0.15) is 24.0 Å². The third kappa shape index (κ3) is 5.71. The highest BCUT2D eigenvalue weighted by Gasteiger charge is 2.75. The van der Waals surface area contributed by atoms with Crippen molar-refractivity contribution in [3.05, 3.63) is 52.1 Å². The number of morpholine rings is 1. The van der Waals surface area contributed by atoms with E-state index in [1.54, 1.807) is 7.85 Å². The molecular weight excluding hydrogens is 723 g/mol. The van der Waals surface area contributed by atoms with E-state index in [2.05, 4.69) is 11.9 Å². The Kier molecular flexibility index (Phi) is 9.55. The van der Waals surface area contributed by atoms with Gasteiger partial charge in [0.25, 0.3) is 11.8 Å². The van der Waals surface area contributed by atoms with Crippen molar-refractivity contribution in [3.8, 4) is 5.75 Å². The Morgan fingerprint density at radius 3 is 2.04 bits per heavy atom. The number of benzene rings is 1. The minimum atomic E-state index is -3.67. The van der Waals surface area contributed by atoms with Gasteiger partial charge in [0.1, 0.15) is 74.1 Å². The summed E-state index contributed by atoms with van der Waals surface area (Å²) >= 11 is 0. The first-order valence-electron chi connectivity index (χ1n) is 16.9. The molecule has 4 unspecified atom stereocenters. The number of carbonyl (C=O) groups is 3. The summed E-state index contributed by atoms with van der Waals surface area (Å²) < 4.78 is 22.2. The number of aliphatic hydroxyl groups is 9. The Hall–Kier alpha value is -3.73. The molecule has 4 atom stereocenters. The molecule has 3 fully saturated rings. The number of likely N-dealkylation sites (tertiary alicyclic amines) is 1. The van der Waals surface area contributed by atoms with E-state index in [0.29, 0.717) is 0 Å². The molecule has 0 aromatic heterocycles. The van der Waals surface area contributed by atoms with Crippen LogP contribution in [-0.2, 0) is 34.7 Å². The molecule has 4 aliphatic heterocycles. The Balaban J connectivity index is 1.71. The molecule has 0 spiro atoms. The predicted molar refractivity (Wildman–Crippen MR) is 212 cm³/mol. The second kappa shape index (κ2) is 12.4. The van der Waals surface area contributed by atoms with Gasteiger partial charge in [0.05, 0.1) is 11.1 Å². The minimum Gasteiger partial charge on any atom is -0.505 e. The monoisotopic (exact) mass is 762 g/mol. The Morgan fingerprint density at radius 2 is 1.51 bits per heavy atom. The summed E-state index contributed by atoms with van der Waals surface area (Å²) in [6.45, 7) is 3.16. The van der Waals surface area contributed by atoms with Gasteiger partial charge in [0.2, 0.25) is 17.4 Å². The molecule has 0 saturated carbocycles. The van der Waals surface area contributed by atoms with E-state index in [4.69, 9.17) is 14.5 Å². The lowest BCUT2D eigenvalue weighted by Crippen LogP contribution is -2.88. The number of hydrogen-bond donors (Lipinski definition) is 11. The molecular formula is C25H37B10FN4O15. The number of piperidine rings is 1. The number of aliphatic hydroxyl groups excluding tert-OH is 3. The summed E-state index contributed by atoms with van der Waals surface area (Å²) in [4.78, 5) is 50.4. The second-order valence-electron chi connectivity index (χ2n) is 16.1. The molecule has 284 valence electrons. The number of fused-ring (bicyclic) bond motifs is 2. The van der Waals surface area contributed by atoms with Gasteiger partial charge in [0, 0.05) is 23.5 Å². The molecule has 0 aliphatic carbocycles. The van der Waals surface area contributed by atoms with Gasteiger partial charge in [-0.15, -0.1) is 4.89 Å². The van der Waals surface area contributed by atoms with Gasteiger partial charge in [-0.1, -0.05) is 17.5 Å². The van der Waals surface area contributed by atoms with Crippen molar-refractivity contribution in [1.82, 2.24) is 20.4 Å². The molecule has 5 rings (SSSR count). The van der Waals surface area contributed by atoms with Gasteiger partial charge in [-0.05, 0) is 16.5 Å². The van der Waals surface area contributed by atoms with E-state index in [-0.39, 0.29) is 27.0 Å². The maximum Gasteiger partial charge on any atom is 0.357 e. The van der Waals surface area contributed by atoms with Crippen molar-refractivity contribution in [2.45, 2.75) is 57.8 Å². The molecule has 4 aliphatic rings. The number of halogens is 1. The normalized spacial score (nSPS) is 33.4. The van der Waals surface area contributed by atoms with Crippen molar-refractivity contribution in [2.24, 2.45) is 0 Å². The van der Waals surface area contributed by atoms with E-state index in [9.17, 15) is 60.3 Å². The second-order valence-corrected chi connectivity index (χ2v) is 16.1. The number of ether oxygens (including phenoxy) is 1. The Morgan fingerprint density at radius 1 is 0.945 bits per heavy atom. The van der Waals surface area contributed by atoms with Crippen LogP contribution in [0.15, 0.2) is 35.1 Å². The highest BCUT2D eigenvalue weighted by atomic mass is 19.1. The zero-order chi connectivity index (χ0) is 42.2. The number of nitrogens with zero attached hydrogens (tertiary/aromatic N) is 2. The van der Waals surface area contributed by atoms with E-state index >= 15 is 4.39 Å². The van der Waals surface area contributed by atoms with Crippen LogP contribution in [0.5, 0.6) is 5.75 Å². The lowest BCUT2D eigenvalue weighted by Gasteiger charge is -2.64. The van der Waals surface area contributed by atoms with Crippen LogP contribution in [0.2, 0.25) is 0 Å². The van der Waals surface area contributed by atoms with E-state index in [1.807, 2.05) is 5.32 Å². The maximum absolute atomic E-state index is 17.2. The molecule has 1 aromatic rings. The fourth-order valence-electron chi connectivity index (χ4n) is 8.40. The van der Waals surface area contributed by atoms with Crippen LogP contribution in [0.3, 0.4) is 0 Å². The maximum atomic E-state index is 17.2. The minimum absolute atomic E-state index is 0.0103. The zero-order valence-electron chi connectivity index (χ0n) is 31.9. The summed E-state index contributed by atoms with van der Waals surface area (Å²) in [5.41, 5.74) is -9.90. The summed E-state index contributed by atoms with van der Waals surface area (Å²) in [5, 5.41) is 99.8. The topological polar surface area (TPSA) is 292 Å². The van der Waals surface area contributed by atoms with Gasteiger partial charge < -0.3 is 56.2 Å². The summed E-state index contributed by atoms with van der Waals surface area (Å²) in [5.74, 6) is -16.1. The highest BCUT2D eigenvalue weighted by Crippen LogP contribution is 2.52. The third-order valence-electron chi connectivity index (χ3n) is 11.2. The van der Waals surface area contributed by atoms with Crippen LogP contribution in [0, 0.1) is 5.82 Å². The number of amides is 3.